The standard InChI is InChI=1S/C16H32N2O3/c1-5-20-11-13(4)21-10-8-14-7-6-9-16(14,15(17)19)18-12(2)3/h12-14,18H,5-11H2,1-4H3,(H2,17,19). The summed E-state index contributed by atoms with van der Waals surface area (Å²) in [5, 5.41) is 3.42. The van der Waals surface area contributed by atoms with Crippen molar-refractivity contribution in [2.75, 3.05) is 19.8 Å². The maximum absolute atomic E-state index is 12.0. The fourth-order valence-electron chi connectivity index (χ4n) is 3.31. The summed E-state index contributed by atoms with van der Waals surface area (Å²) in [5.74, 6) is 0.0396. The lowest BCUT2D eigenvalue weighted by molar-refractivity contribution is -0.126. The van der Waals surface area contributed by atoms with Crippen LogP contribution >= 0.6 is 0 Å². The first-order chi connectivity index (χ1) is 9.92. The summed E-state index contributed by atoms with van der Waals surface area (Å²) in [6.45, 7) is 10.1. The normalized spacial score (nSPS) is 27.2. The molecule has 5 heteroatoms. The minimum Gasteiger partial charge on any atom is -0.379 e. The van der Waals surface area contributed by atoms with Crippen molar-refractivity contribution >= 4 is 5.91 Å². The van der Waals surface area contributed by atoms with Gasteiger partial charge in [0.15, 0.2) is 0 Å². The third kappa shape index (κ3) is 5.24. The molecule has 1 aliphatic rings. The molecule has 0 aromatic carbocycles. The molecule has 0 heterocycles. The molecule has 5 nitrogen and oxygen atoms in total. The Bertz CT molecular complexity index is 323. The number of nitrogens with two attached hydrogens (primary N) is 1. The summed E-state index contributed by atoms with van der Waals surface area (Å²) in [6, 6.07) is 0.246. The topological polar surface area (TPSA) is 73.6 Å². The van der Waals surface area contributed by atoms with E-state index in [1.165, 1.54) is 0 Å². The van der Waals surface area contributed by atoms with Crippen molar-refractivity contribution < 1.29 is 14.3 Å². The Kier molecular flexibility index (Phi) is 7.63. The first kappa shape index (κ1) is 18.4. The van der Waals surface area contributed by atoms with Crippen LogP contribution in [0.2, 0.25) is 0 Å². The van der Waals surface area contributed by atoms with Crippen LogP contribution in [0.4, 0.5) is 0 Å². The Morgan fingerprint density at radius 2 is 2.14 bits per heavy atom. The second-order valence-corrected chi connectivity index (χ2v) is 6.35. The van der Waals surface area contributed by atoms with Crippen molar-refractivity contribution in [2.24, 2.45) is 11.7 Å². The molecule has 1 amide bonds. The van der Waals surface area contributed by atoms with E-state index in [9.17, 15) is 4.79 Å². The maximum Gasteiger partial charge on any atom is 0.238 e. The van der Waals surface area contributed by atoms with E-state index in [2.05, 4.69) is 19.2 Å². The second kappa shape index (κ2) is 8.71. The molecule has 3 N–H and O–H groups in total. The van der Waals surface area contributed by atoms with Gasteiger partial charge in [-0.15, -0.1) is 0 Å². The lowest BCUT2D eigenvalue weighted by Gasteiger charge is -2.35. The van der Waals surface area contributed by atoms with Crippen LogP contribution in [-0.4, -0.2) is 43.4 Å². The van der Waals surface area contributed by atoms with Crippen molar-refractivity contribution in [3.05, 3.63) is 0 Å². The van der Waals surface area contributed by atoms with Gasteiger partial charge in [0.2, 0.25) is 5.91 Å². The van der Waals surface area contributed by atoms with E-state index in [4.69, 9.17) is 15.2 Å². The molecule has 3 atom stereocenters. The fraction of sp³-hybridized carbons (Fsp3) is 0.938. The van der Waals surface area contributed by atoms with Crippen LogP contribution in [0.5, 0.6) is 0 Å². The Hall–Kier alpha value is -0.650. The first-order valence-corrected chi connectivity index (χ1v) is 8.19. The van der Waals surface area contributed by atoms with Crippen LogP contribution in [0.25, 0.3) is 0 Å². The summed E-state index contributed by atoms with van der Waals surface area (Å²) in [4.78, 5) is 12.0. The number of carbonyl (C=O) groups excluding carboxylic acids is 1. The van der Waals surface area contributed by atoms with Gasteiger partial charge in [0.1, 0.15) is 5.54 Å². The SMILES string of the molecule is CCOCC(C)OCCC1CCCC1(NC(C)C)C(N)=O. The molecule has 0 aromatic heterocycles. The molecule has 1 saturated carbocycles. The highest BCUT2D eigenvalue weighted by molar-refractivity contribution is 5.85. The van der Waals surface area contributed by atoms with E-state index in [1.54, 1.807) is 0 Å². The lowest BCUT2D eigenvalue weighted by atomic mass is 9.83. The van der Waals surface area contributed by atoms with Gasteiger partial charge in [0.25, 0.3) is 0 Å². The quantitative estimate of drug-likeness (QED) is 0.645. The molecule has 0 spiro atoms. The summed E-state index contributed by atoms with van der Waals surface area (Å²) in [6.07, 6.45) is 3.86. The Morgan fingerprint density at radius 3 is 2.71 bits per heavy atom. The summed E-state index contributed by atoms with van der Waals surface area (Å²) >= 11 is 0. The number of amides is 1. The molecule has 0 aromatic rings. The van der Waals surface area contributed by atoms with E-state index in [0.717, 1.165) is 25.7 Å². The van der Waals surface area contributed by atoms with Crippen LogP contribution in [0.3, 0.4) is 0 Å². The Labute approximate surface area is 128 Å². The summed E-state index contributed by atoms with van der Waals surface area (Å²) in [7, 11) is 0. The second-order valence-electron chi connectivity index (χ2n) is 6.35. The van der Waals surface area contributed by atoms with Crippen LogP contribution in [0, 0.1) is 5.92 Å². The average Bonchev–Trinajstić information content (AvgIpc) is 2.80. The van der Waals surface area contributed by atoms with Crippen molar-refractivity contribution in [2.45, 2.75) is 71.1 Å². The first-order valence-electron chi connectivity index (χ1n) is 8.19. The minimum absolute atomic E-state index is 0.0902. The average molecular weight is 300 g/mol. The van der Waals surface area contributed by atoms with Gasteiger partial charge < -0.3 is 20.5 Å². The van der Waals surface area contributed by atoms with E-state index in [-0.39, 0.29) is 24.0 Å². The number of carbonyl (C=O) groups is 1. The molecule has 124 valence electrons. The molecule has 0 aliphatic heterocycles. The number of ether oxygens (including phenoxy) is 2. The minimum atomic E-state index is -0.555. The van der Waals surface area contributed by atoms with Crippen molar-refractivity contribution in [1.29, 1.82) is 0 Å². The molecule has 1 aliphatic carbocycles. The number of primary amides is 1. The summed E-state index contributed by atoms with van der Waals surface area (Å²) in [5.41, 5.74) is 5.15. The molecule has 1 rings (SSSR count). The van der Waals surface area contributed by atoms with Gasteiger partial charge in [-0.1, -0.05) is 6.42 Å². The highest BCUT2D eigenvalue weighted by atomic mass is 16.5. The van der Waals surface area contributed by atoms with Crippen molar-refractivity contribution in [3.8, 4) is 0 Å². The van der Waals surface area contributed by atoms with Crippen LogP contribution in [-0.2, 0) is 14.3 Å². The number of nitrogens with one attached hydrogen (secondary N) is 1. The Balaban J connectivity index is 2.50. The zero-order valence-electron chi connectivity index (χ0n) is 14.0. The molecular formula is C16H32N2O3. The number of hydrogen-bond acceptors (Lipinski definition) is 4. The highest BCUT2D eigenvalue weighted by Gasteiger charge is 2.47. The van der Waals surface area contributed by atoms with Gasteiger partial charge in [0.05, 0.1) is 12.7 Å². The molecule has 0 saturated heterocycles. The zero-order chi connectivity index (χ0) is 15.9. The summed E-state index contributed by atoms with van der Waals surface area (Å²) < 4.78 is 11.1. The van der Waals surface area contributed by atoms with E-state index >= 15 is 0 Å². The molecule has 0 bridgehead atoms. The van der Waals surface area contributed by atoms with Crippen molar-refractivity contribution in [1.82, 2.24) is 5.32 Å². The maximum atomic E-state index is 12.0. The Morgan fingerprint density at radius 1 is 1.43 bits per heavy atom. The van der Waals surface area contributed by atoms with Crippen molar-refractivity contribution in [3.63, 3.8) is 0 Å². The predicted molar refractivity (Wildman–Crippen MR) is 84.1 cm³/mol. The van der Waals surface area contributed by atoms with E-state index in [1.807, 2.05) is 13.8 Å². The van der Waals surface area contributed by atoms with Gasteiger partial charge in [-0.05, 0) is 52.9 Å². The van der Waals surface area contributed by atoms with Crippen LogP contribution in [0.1, 0.15) is 53.4 Å². The molecule has 21 heavy (non-hydrogen) atoms. The third-order valence-electron chi connectivity index (χ3n) is 4.23. The molecular weight excluding hydrogens is 268 g/mol. The molecule has 3 unspecified atom stereocenters. The van der Waals surface area contributed by atoms with Gasteiger partial charge in [-0.2, -0.15) is 0 Å². The zero-order valence-corrected chi connectivity index (χ0v) is 14.0. The number of rotatable bonds is 10. The van der Waals surface area contributed by atoms with Gasteiger partial charge >= 0.3 is 0 Å². The fourth-order valence-corrected chi connectivity index (χ4v) is 3.31. The largest absolute Gasteiger partial charge is 0.379 e. The van der Waals surface area contributed by atoms with Crippen LogP contribution in [0.15, 0.2) is 0 Å². The van der Waals surface area contributed by atoms with E-state index in [0.29, 0.717) is 19.8 Å². The van der Waals surface area contributed by atoms with E-state index < -0.39 is 5.54 Å². The smallest absolute Gasteiger partial charge is 0.238 e. The predicted octanol–water partition coefficient (Wildman–Crippen LogP) is 1.84. The van der Waals surface area contributed by atoms with Gasteiger partial charge in [0, 0.05) is 19.3 Å². The van der Waals surface area contributed by atoms with Gasteiger partial charge in [-0.3, -0.25) is 4.79 Å². The third-order valence-corrected chi connectivity index (χ3v) is 4.23. The lowest BCUT2D eigenvalue weighted by Crippen LogP contribution is -2.60. The van der Waals surface area contributed by atoms with Crippen LogP contribution < -0.4 is 11.1 Å². The number of hydrogen-bond donors (Lipinski definition) is 2. The molecule has 1 fully saturated rings. The monoisotopic (exact) mass is 300 g/mol. The highest BCUT2D eigenvalue weighted by Crippen LogP contribution is 2.38. The van der Waals surface area contributed by atoms with Gasteiger partial charge in [-0.25, -0.2) is 0 Å². The molecule has 0 radical (unpaired) electrons.